The average molecular weight is 343 g/mol. The minimum atomic E-state index is -0.00828. The molecule has 4 nitrogen and oxygen atoms in total. The van der Waals surface area contributed by atoms with Crippen molar-refractivity contribution in [1.82, 2.24) is 4.98 Å². The number of halogens is 1. The number of hydrogen-bond acceptors (Lipinski definition) is 4. The Kier molecular flexibility index (Phi) is 3.56. The van der Waals surface area contributed by atoms with Crippen LogP contribution in [0.5, 0.6) is 0 Å². The smallest absolute Gasteiger partial charge is 0.216 e. The van der Waals surface area contributed by atoms with Crippen LogP contribution in [0.25, 0.3) is 0 Å². The second kappa shape index (κ2) is 4.95. The number of nitrogens with zero attached hydrogens (tertiary/aromatic N) is 1. The molecule has 0 amide bonds. The first kappa shape index (κ1) is 12.2. The summed E-state index contributed by atoms with van der Waals surface area (Å²) in [6.07, 6.45) is 1.71. The number of nitrogens with one attached hydrogen (secondary N) is 1. The topological polar surface area (TPSA) is 64.1 Å². The van der Waals surface area contributed by atoms with Crippen molar-refractivity contribution in [3.8, 4) is 0 Å². The van der Waals surface area contributed by atoms with Crippen LogP contribution in [0.3, 0.4) is 0 Å². The van der Waals surface area contributed by atoms with Crippen LogP contribution in [-0.2, 0) is 0 Å². The highest BCUT2D eigenvalue weighted by Crippen LogP contribution is 2.25. The number of nitrogens with two attached hydrogens (primary N) is 1. The van der Waals surface area contributed by atoms with E-state index in [1.807, 2.05) is 32.0 Å². The predicted octanol–water partition coefficient (Wildman–Crippen LogP) is 3.34. The second-order valence-corrected chi connectivity index (χ2v) is 5.15. The van der Waals surface area contributed by atoms with Gasteiger partial charge in [-0.25, -0.2) is 4.98 Å². The van der Waals surface area contributed by atoms with Crippen LogP contribution in [0.4, 0.5) is 11.4 Å². The maximum Gasteiger partial charge on any atom is 0.216 e. The number of benzene rings is 1. The molecule has 2 aromatic rings. The van der Waals surface area contributed by atoms with E-state index in [-0.39, 0.29) is 6.04 Å². The van der Waals surface area contributed by atoms with E-state index in [9.17, 15) is 0 Å². The molecule has 1 aromatic heterocycles. The van der Waals surface area contributed by atoms with Crippen molar-refractivity contribution in [2.75, 3.05) is 11.1 Å². The molecule has 0 spiro atoms. The third kappa shape index (κ3) is 2.91. The zero-order valence-electron chi connectivity index (χ0n) is 9.70. The lowest BCUT2D eigenvalue weighted by molar-refractivity contribution is 0.454. The van der Waals surface area contributed by atoms with Gasteiger partial charge in [-0.1, -0.05) is 0 Å². The maximum absolute atomic E-state index is 5.93. The molecule has 0 aliphatic rings. The van der Waals surface area contributed by atoms with Gasteiger partial charge in [0.15, 0.2) is 0 Å². The number of aromatic nitrogens is 1. The van der Waals surface area contributed by atoms with Crippen molar-refractivity contribution in [3.63, 3.8) is 0 Å². The van der Waals surface area contributed by atoms with E-state index >= 15 is 0 Å². The molecule has 1 heterocycles. The quantitative estimate of drug-likeness (QED) is 0.663. The van der Waals surface area contributed by atoms with Crippen molar-refractivity contribution in [1.29, 1.82) is 0 Å². The van der Waals surface area contributed by atoms with Gasteiger partial charge in [-0.15, -0.1) is 0 Å². The Morgan fingerprint density at radius 2 is 2.24 bits per heavy atom. The van der Waals surface area contributed by atoms with E-state index in [2.05, 4.69) is 32.9 Å². The van der Waals surface area contributed by atoms with Crippen molar-refractivity contribution in [3.05, 3.63) is 39.6 Å². The van der Waals surface area contributed by atoms with Crippen LogP contribution in [0.1, 0.15) is 24.6 Å². The summed E-state index contributed by atoms with van der Waals surface area (Å²) in [5, 5.41) is 3.28. The van der Waals surface area contributed by atoms with Crippen molar-refractivity contribution in [2.45, 2.75) is 19.9 Å². The Morgan fingerprint density at radius 1 is 1.47 bits per heavy atom. The summed E-state index contributed by atoms with van der Waals surface area (Å²) >= 11 is 2.23. The summed E-state index contributed by atoms with van der Waals surface area (Å²) in [4.78, 5) is 4.19. The Bertz CT molecular complexity index is 524. The van der Waals surface area contributed by atoms with Crippen LogP contribution >= 0.6 is 22.6 Å². The molecule has 1 unspecified atom stereocenters. The van der Waals surface area contributed by atoms with Gasteiger partial charge in [-0.3, -0.25) is 0 Å². The van der Waals surface area contributed by atoms with Gasteiger partial charge >= 0.3 is 0 Å². The Hall–Kier alpha value is -1.24. The second-order valence-electron chi connectivity index (χ2n) is 3.91. The highest BCUT2D eigenvalue weighted by atomic mass is 127. The Labute approximate surface area is 114 Å². The van der Waals surface area contributed by atoms with E-state index in [4.69, 9.17) is 10.2 Å². The monoisotopic (exact) mass is 343 g/mol. The van der Waals surface area contributed by atoms with E-state index in [1.165, 1.54) is 0 Å². The third-order valence-electron chi connectivity index (χ3n) is 2.40. The molecule has 0 bridgehead atoms. The van der Waals surface area contributed by atoms with E-state index in [0.717, 1.165) is 20.7 Å². The molecule has 90 valence electrons. The van der Waals surface area contributed by atoms with Crippen molar-refractivity contribution < 1.29 is 4.42 Å². The Balaban J connectivity index is 2.15. The third-order valence-corrected chi connectivity index (χ3v) is 3.07. The molecule has 17 heavy (non-hydrogen) atoms. The maximum atomic E-state index is 5.93. The van der Waals surface area contributed by atoms with Crippen LogP contribution in [-0.4, -0.2) is 4.98 Å². The molecule has 0 radical (unpaired) electrons. The van der Waals surface area contributed by atoms with Crippen molar-refractivity contribution >= 4 is 34.0 Å². The van der Waals surface area contributed by atoms with Gasteiger partial charge in [0.25, 0.3) is 0 Å². The molecule has 3 N–H and O–H groups in total. The summed E-state index contributed by atoms with van der Waals surface area (Å²) < 4.78 is 6.58. The first-order chi connectivity index (χ1) is 8.06. The lowest BCUT2D eigenvalue weighted by atomic mass is 10.2. The molecular weight excluding hydrogens is 329 g/mol. The number of hydrogen-bond donors (Lipinski definition) is 2. The fraction of sp³-hybridized carbons (Fsp3) is 0.250. The summed E-state index contributed by atoms with van der Waals surface area (Å²) in [6.45, 7) is 3.87. The normalized spacial score (nSPS) is 12.4. The molecule has 0 aliphatic heterocycles. The van der Waals surface area contributed by atoms with Crippen molar-refractivity contribution in [2.24, 2.45) is 0 Å². The highest BCUT2D eigenvalue weighted by Gasteiger charge is 2.12. The zero-order chi connectivity index (χ0) is 12.4. The fourth-order valence-corrected chi connectivity index (χ4v) is 2.05. The molecule has 0 saturated heterocycles. The molecule has 5 heteroatoms. The molecule has 0 saturated carbocycles. The fourth-order valence-electron chi connectivity index (χ4n) is 1.53. The van der Waals surface area contributed by atoms with Gasteiger partial charge in [-0.2, -0.15) is 0 Å². The van der Waals surface area contributed by atoms with E-state index in [1.54, 1.807) is 6.20 Å². The van der Waals surface area contributed by atoms with Gasteiger partial charge in [0.2, 0.25) is 5.89 Å². The lowest BCUT2D eigenvalue weighted by Crippen LogP contribution is -2.08. The van der Waals surface area contributed by atoms with Crippen LogP contribution in [0, 0.1) is 10.5 Å². The number of anilines is 2. The number of aryl methyl sites for hydroxylation is 1. The summed E-state index contributed by atoms with van der Waals surface area (Å²) in [7, 11) is 0. The minimum absolute atomic E-state index is 0.00828. The van der Waals surface area contributed by atoms with E-state index < -0.39 is 0 Å². The summed E-state index contributed by atoms with van der Waals surface area (Å²) in [5.41, 5.74) is 7.56. The zero-order valence-corrected chi connectivity index (χ0v) is 11.9. The van der Waals surface area contributed by atoms with Gasteiger partial charge in [0.1, 0.15) is 11.8 Å². The molecule has 0 aliphatic carbocycles. The van der Waals surface area contributed by atoms with Gasteiger partial charge in [0, 0.05) is 3.57 Å². The molecule has 2 rings (SSSR count). The van der Waals surface area contributed by atoms with Crippen LogP contribution in [0.15, 0.2) is 28.8 Å². The first-order valence-corrected chi connectivity index (χ1v) is 6.38. The van der Waals surface area contributed by atoms with E-state index in [0.29, 0.717) is 5.89 Å². The predicted molar refractivity (Wildman–Crippen MR) is 76.8 cm³/mol. The first-order valence-electron chi connectivity index (χ1n) is 5.30. The average Bonchev–Trinajstić information content (AvgIpc) is 2.69. The SMILES string of the molecule is Cc1cnc(C(C)Nc2ccc(I)cc2N)o1. The van der Waals surface area contributed by atoms with Gasteiger partial charge in [-0.05, 0) is 54.6 Å². The molecular formula is C12H14IN3O. The summed E-state index contributed by atoms with van der Waals surface area (Å²) in [6, 6.07) is 5.89. The van der Waals surface area contributed by atoms with Gasteiger partial charge < -0.3 is 15.5 Å². The standard InChI is InChI=1S/C12H14IN3O/c1-7-6-15-12(17-7)8(2)16-11-4-3-9(13)5-10(11)14/h3-6,8,16H,14H2,1-2H3. The van der Waals surface area contributed by atoms with Crippen LogP contribution < -0.4 is 11.1 Å². The number of rotatable bonds is 3. The number of oxazole rings is 1. The lowest BCUT2D eigenvalue weighted by Gasteiger charge is -2.14. The minimum Gasteiger partial charge on any atom is -0.444 e. The summed E-state index contributed by atoms with van der Waals surface area (Å²) in [5.74, 6) is 1.48. The largest absolute Gasteiger partial charge is 0.444 e. The number of nitrogen functional groups attached to an aromatic ring is 1. The molecule has 1 aromatic carbocycles. The highest BCUT2D eigenvalue weighted by molar-refractivity contribution is 14.1. The van der Waals surface area contributed by atoms with Crippen LogP contribution in [0.2, 0.25) is 0 Å². The van der Waals surface area contributed by atoms with Gasteiger partial charge in [0.05, 0.1) is 17.6 Å². The molecule has 1 atom stereocenters. The Morgan fingerprint density at radius 3 is 2.82 bits per heavy atom. The molecule has 0 fully saturated rings.